The number of aromatic nitrogens is 2. The van der Waals surface area contributed by atoms with Crippen molar-refractivity contribution in [3.05, 3.63) is 30.6 Å². The predicted molar refractivity (Wildman–Crippen MR) is 67.4 cm³/mol. The summed E-state index contributed by atoms with van der Waals surface area (Å²) < 4.78 is 2.20. The van der Waals surface area contributed by atoms with Crippen molar-refractivity contribution < 1.29 is 0 Å². The van der Waals surface area contributed by atoms with Crippen LogP contribution >= 0.6 is 12.6 Å². The highest BCUT2D eigenvalue weighted by Gasteiger charge is 2.17. The van der Waals surface area contributed by atoms with Gasteiger partial charge in [-0.1, -0.05) is 26.0 Å². The van der Waals surface area contributed by atoms with Crippen LogP contribution in [0, 0.1) is 5.41 Å². The van der Waals surface area contributed by atoms with Crippen LogP contribution < -0.4 is 0 Å². The fourth-order valence-electron chi connectivity index (χ4n) is 1.65. The van der Waals surface area contributed by atoms with Gasteiger partial charge >= 0.3 is 0 Å². The van der Waals surface area contributed by atoms with E-state index in [4.69, 9.17) is 0 Å². The Balaban J connectivity index is 2.37. The lowest BCUT2D eigenvalue weighted by Gasteiger charge is -2.22. The van der Waals surface area contributed by atoms with E-state index in [1.54, 1.807) is 0 Å². The third kappa shape index (κ3) is 2.17. The van der Waals surface area contributed by atoms with Crippen LogP contribution in [0.4, 0.5) is 0 Å². The summed E-state index contributed by atoms with van der Waals surface area (Å²) in [5.74, 6) is 0.875. The van der Waals surface area contributed by atoms with E-state index in [1.807, 2.05) is 24.5 Å². The third-order valence-corrected chi connectivity index (χ3v) is 3.41. The Bertz CT molecular complexity index is 459. The second-order valence-electron chi connectivity index (χ2n) is 4.68. The maximum Gasteiger partial charge on any atom is 0.0958 e. The largest absolute Gasteiger partial charge is 0.330 e. The van der Waals surface area contributed by atoms with E-state index in [2.05, 4.69) is 42.1 Å². The number of hydrogen-bond acceptors (Lipinski definition) is 2. The predicted octanol–water partition coefficient (Wildman–Crippen LogP) is 2.99. The van der Waals surface area contributed by atoms with Crippen molar-refractivity contribution in [2.75, 3.05) is 5.75 Å². The smallest absolute Gasteiger partial charge is 0.0958 e. The third-order valence-electron chi connectivity index (χ3n) is 2.55. The van der Waals surface area contributed by atoms with Gasteiger partial charge in [0, 0.05) is 6.54 Å². The Labute approximate surface area is 95.7 Å². The number of thiol groups is 1. The van der Waals surface area contributed by atoms with Crippen LogP contribution in [0.2, 0.25) is 0 Å². The molecule has 0 radical (unpaired) electrons. The van der Waals surface area contributed by atoms with Crippen LogP contribution in [0.25, 0.3) is 11.0 Å². The molecule has 0 aliphatic carbocycles. The minimum atomic E-state index is 0.201. The minimum absolute atomic E-state index is 0.201. The number of hydrogen-bond donors (Lipinski definition) is 1. The van der Waals surface area contributed by atoms with Gasteiger partial charge in [-0.15, -0.1) is 0 Å². The lowest BCUT2D eigenvalue weighted by atomic mass is 9.96. The van der Waals surface area contributed by atoms with Crippen LogP contribution in [0.15, 0.2) is 30.6 Å². The molecule has 1 aromatic carbocycles. The van der Waals surface area contributed by atoms with Crippen LogP contribution in [-0.2, 0) is 6.54 Å². The summed E-state index contributed by atoms with van der Waals surface area (Å²) in [5.41, 5.74) is 2.46. The molecule has 3 heteroatoms. The first-order valence-corrected chi connectivity index (χ1v) is 5.76. The molecule has 2 aromatic rings. The Morgan fingerprint density at radius 1 is 1.33 bits per heavy atom. The SMILES string of the molecule is CC(C)(CS)Cn1cnc2ccccc21. The van der Waals surface area contributed by atoms with Gasteiger partial charge in [-0.25, -0.2) is 4.98 Å². The molecule has 0 aliphatic heterocycles. The van der Waals surface area contributed by atoms with Crippen molar-refractivity contribution >= 4 is 23.7 Å². The molecule has 0 bridgehead atoms. The first kappa shape index (κ1) is 10.6. The van der Waals surface area contributed by atoms with Crippen LogP contribution in [0.5, 0.6) is 0 Å². The van der Waals surface area contributed by atoms with Gasteiger partial charge in [-0.05, 0) is 23.3 Å². The van der Waals surface area contributed by atoms with E-state index in [9.17, 15) is 0 Å². The fraction of sp³-hybridized carbons (Fsp3) is 0.417. The van der Waals surface area contributed by atoms with Gasteiger partial charge in [0.1, 0.15) is 0 Å². The second-order valence-corrected chi connectivity index (χ2v) is 5.00. The van der Waals surface area contributed by atoms with Gasteiger partial charge in [0.2, 0.25) is 0 Å². The Kier molecular flexibility index (Phi) is 2.74. The first-order valence-electron chi connectivity index (χ1n) is 5.13. The normalized spacial score (nSPS) is 12.2. The monoisotopic (exact) mass is 220 g/mol. The number of benzene rings is 1. The molecule has 0 aliphatic rings. The lowest BCUT2D eigenvalue weighted by molar-refractivity contribution is 0.358. The highest BCUT2D eigenvalue weighted by Crippen LogP contribution is 2.22. The number of fused-ring (bicyclic) bond motifs is 1. The highest BCUT2D eigenvalue weighted by atomic mass is 32.1. The van der Waals surface area contributed by atoms with Gasteiger partial charge in [0.25, 0.3) is 0 Å². The van der Waals surface area contributed by atoms with Crippen LogP contribution in [-0.4, -0.2) is 15.3 Å². The summed E-state index contributed by atoms with van der Waals surface area (Å²) in [6.07, 6.45) is 1.91. The van der Waals surface area contributed by atoms with E-state index < -0.39 is 0 Å². The maximum absolute atomic E-state index is 4.38. The molecular weight excluding hydrogens is 204 g/mol. The van der Waals surface area contributed by atoms with Crippen LogP contribution in [0.1, 0.15) is 13.8 Å². The molecule has 0 atom stereocenters. The molecule has 0 saturated heterocycles. The van der Waals surface area contributed by atoms with E-state index in [0.717, 1.165) is 17.8 Å². The van der Waals surface area contributed by atoms with Crippen molar-refractivity contribution in [1.82, 2.24) is 9.55 Å². The topological polar surface area (TPSA) is 17.8 Å². The summed E-state index contributed by atoms with van der Waals surface area (Å²) in [5, 5.41) is 0. The van der Waals surface area contributed by atoms with E-state index in [-0.39, 0.29) is 5.41 Å². The fourth-order valence-corrected chi connectivity index (χ4v) is 1.75. The zero-order valence-electron chi connectivity index (χ0n) is 9.14. The van der Waals surface area contributed by atoms with Crippen molar-refractivity contribution in [3.8, 4) is 0 Å². The number of para-hydroxylation sites is 2. The average molecular weight is 220 g/mol. The zero-order valence-corrected chi connectivity index (χ0v) is 10.0. The van der Waals surface area contributed by atoms with Crippen molar-refractivity contribution in [3.63, 3.8) is 0 Å². The number of rotatable bonds is 3. The summed E-state index contributed by atoms with van der Waals surface area (Å²) in [7, 11) is 0. The van der Waals surface area contributed by atoms with Gasteiger partial charge in [-0.2, -0.15) is 12.6 Å². The van der Waals surface area contributed by atoms with Crippen molar-refractivity contribution in [2.24, 2.45) is 5.41 Å². The minimum Gasteiger partial charge on any atom is -0.330 e. The average Bonchev–Trinajstić information content (AvgIpc) is 2.62. The molecule has 15 heavy (non-hydrogen) atoms. The summed E-state index contributed by atoms with van der Waals surface area (Å²) in [6.45, 7) is 5.39. The molecule has 0 N–H and O–H groups in total. The van der Waals surface area contributed by atoms with Gasteiger partial charge in [0.15, 0.2) is 0 Å². The van der Waals surface area contributed by atoms with Gasteiger partial charge < -0.3 is 4.57 Å². The Morgan fingerprint density at radius 3 is 2.80 bits per heavy atom. The standard InChI is InChI=1S/C12H16N2S/c1-12(2,8-15)7-14-9-13-10-5-3-4-6-11(10)14/h3-6,9,15H,7-8H2,1-2H3. The number of nitrogens with zero attached hydrogens (tertiary/aromatic N) is 2. The molecule has 1 aromatic heterocycles. The summed E-state index contributed by atoms with van der Waals surface area (Å²) in [4.78, 5) is 4.38. The molecule has 0 saturated carbocycles. The number of imidazole rings is 1. The van der Waals surface area contributed by atoms with Crippen LogP contribution in [0.3, 0.4) is 0 Å². The molecule has 1 heterocycles. The quantitative estimate of drug-likeness (QED) is 0.787. The zero-order chi connectivity index (χ0) is 10.9. The summed E-state index contributed by atoms with van der Waals surface area (Å²) in [6, 6.07) is 8.22. The Morgan fingerprint density at radius 2 is 2.07 bits per heavy atom. The second kappa shape index (κ2) is 3.89. The van der Waals surface area contributed by atoms with E-state index in [1.165, 1.54) is 5.52 Å². The lowest BCUT2D eigenvalue weighted by Crippen LogP contribution is -2.20. The first-order chi connectivity index (χ1) is 7.12. The molecule has 2 rings (SSSR count). The Hall–Kier alpha value is -0.960. The van der Waals surface area contributed by atoms with Crippen molar-refractivity contribution in [2.45, 2.75) is 20.4 Å². The molecule has 0 spiro atoms. The maximum atomic E-state index is 4.38. The molecule has 0 amide bonds. The molecule has 0 fully saturated rings. The molecule has 80 valence electrons. The molecule has 2 nitrogen and oxygen atoms in total. The van der Waals surface area contributed by atoms with E-state index >= 15 is 0 Å². The van der Waals surface area contributed by atoms with E-state index in [0.29, 0.717) is 0 Å². The van der Waals surface area contributed by atoms with Gasteiger partial charge in [0.05, 0.1) is 17.4 Å². The molecular formula is C12H16N2S. The molecule has 0 unspecified atom stereocenters. The van der Waals surface area contributed by atoms with Crippen molar-refractivity contribution in [1.29, 1.82) is 0 Å². The highest BCUT2D eigenvalue weighted by molar-refractivity contribution is 7.80. The summed E-state index contributed by atoms with van der Waals surface area (Å²) >= 11 is 4.37. The van der Waals surface area contributed by atoms with Gasteiger partial charge in [-0.3, -0.25) is 0 Å².